The summed E-state index contributed by atoms with van der Waals surface area (Å²) in [6.07, 6.45) is 0. The van der Waals surface area contributed by atoms with Gasteiger partial charge in [0.2, 0.25) is 0 Å². The highest BCUT2D eigenvalue weighted by atomic mass is 35.5. The first-order chi connectivity index (χ1) is 12.5. The maximum Gasteiger partial charge on any atom is 0.335 e. The molecule has 128 valence electrons. The van der Waals surface area contributed by atoms with E-state index in [1.54, 1.807) is 30.3 Å². The number of carbonyl (C=O) groups is 1. The molecule has 0 aliphatic carbocycles. The largest absolute Gasteiger partial charge is 0.480 e. The summed E-state index contributed by atoms with van der Waals surface area (Å²) in [6, 6.07) is 15.7. The Bertz CT molecular complexity index is 1120. The number of H-pyrrole nitrogens is 1. The number of carboxylic acid groups (broad SMARTS) is 1. The van der Waals surface area contributed by atoms with Gasteiger partial charge in [0, 0.05) is 5.56 Å². The number of fused-ring (bicyclic) bond motifs is 1. The molecule has 2 heterocycles. The van der Waals surface area contributed by atoms with Crippen molar-refractivity contribution in [1.29, 1.82) is 0 Å². The highest BCUT2D eigenvalue weighted by Crippen LogP contribution is 2.31. The van der Waals surface area contributed by atoms with E-state index in [0.29, 0.717) is 21.9 Å². The average molecular weight is 366 g/mol. The van der Waals surface area contributed by atoms with Crippen LogP contribution in [0.5, 0.6) is 6.01 Å². The Morgan fingerprint density at radius 3 is 2.12 bits per heavy atom. The Morgan fingerprint density at radius 1 is 0.923 bits per heavy atom. The minimum atomic E-state index is -0.951. The molecule has 0 spiro atoms. The van der Waals surface area contributed by atoms with Crippen molar-refractivity contribution in [3.8, 4) is 28.4 Å². The molecular formula is C19H12ClN3O3. The van der Waals surface area contributed by atoms with E-state index in [1.807, 2.05) is 24.3 Å². The summed E-state index contributed by atoms with van der Waals surface area (Å²) in [5, 5.41) is 18.9. The van der Waals surface area contributed by atoms with Crippen LogP contribution in [0.15, 0.2) is 54.6 Å². The van der Waals surface area contributed by atoms with E-state index in [0.717, 1.165) is 16.7 Å². The molecule has 6 nitrogen and oxygen atoms in total. The number of carboxylic acids is 1. The Morgan fingerprint density at radius 2 is 1.50 bits per heavy atom. The number of aromatic amines is 1. The molecule has 2 aromatic heterocycles. The molecule has 0 atom stereocenters. The van der Waals surface area contributed by atoms with Crippen molar-refractivity contribution >= 4 is 28.7 Å². The molecule has 7 heteroatoms. The van der Waals surface area contributed by atoms with Crippen LogP contribution in [0.1, 0.15) is 10.4 Å². The van der Waals surface area contributed by atoms with Gasteiger partial charge < -0.3 is 15.2 Å². The Hall–Kier alpha value is -3.38. The van der Waals surface area contributed by atoms with Gasteiger partial charge in [-0.25, -0.2) is 9.78 Å². The van der Waals surface area contributed by atoms with E-state index in [-0.39, 0.29) is 11.6 Å². The second-order valence-corrected chi connectivity index (χ2v) is 6.12. The molecule has 0 amide bonds. The van der Waals surface area contributed by atoms with Gasteiger partial charge >= 0.3 is 5.97 Å². The molecule has 3 N–H and O–H groups in total. The van der Waals surface area contributed by atoms with E-state index in [4.69, 9.17) is 16.7 Å². The van der Waals surface area contributed by atoms with Gasteiger partial charge in [-0.1, -0.05) is 48.0 Å². The number of rotatable bonds is 3. The van der Waals surface area contributed by atoms with Gasteiger partial charge in [0.05, 0.1) is 21.8 Å². The fourth-order valence-corrected chi connectivity index (χ4v) is 2.99. The van der Waals surface area contributed by atoms with Gasteiger partial charge in [-0.3, -0.25) is 0 Å². The van der Waals surface area contributed by atoms with E-state index in [1.165, 1.54) is 0 Å². The van der Waals surface area contributed by atoms with Crippen molar-refractivity contribution in [2.75, 3.05) is 0 Å². The summed E-state index contributed by atoms with van der Waals surface area (Å²) in [5.74, 6) is -0.951. The molecule has 0 aliphatic rings. The zero-order valence-corrected chi connectivity index (χ0v) is 14.0. The quantitative estimate of drug-likeness (QED) is 0.501. The van der Waals surface area contributed by atoms with Crippen molar-refractivity contribution in [2.45, 2.75) is 0 Å². The molecule has 0 saturated heterocycles. The number of aromatic hydroxyl groups is 1. The van der Waals surface area contributed by atoms with E-state index in [9.17, 15) is 9.90 Å². The monoisotopic (exact) mass is 365 g/mol. The maximum atomic E-state index is 10.9. The van der Waals surface area contributed by atoms with Gasteiger partial charge in [-0.2, -0.15) is 4.98 Å². The lowest BCUT2D eigenvalue weighted by molar-refractivity contribution is 0.0697. The normalized spacial score (nSPS) is 11.0. The first-order valence-corrected chi connectivity index (χ1v) is 8.08. The Kier molecular flexibility index (Phi) is 3.82. The predicted octanol–water partition coefficient (Wildman–Crippen LogP) is 4.35. The number of nitrogens with zero attached hydrogens (tertiary/aromatic N) is 2. The molecular weight excluding hydrogens is 354 g/mol. The lowest BCUT2D eigenvalue weighted by atomic mass is 10.0. The van der Waals surface area contributed by atoms with Crippen LogP contribution in [0.4, 0.5) is 0 Å². The first kappa shape index (κ1) is 16.1. The number of imidazole rings is 1. The van der Waals surface area contributed by atoms with Crippen molar-refractivity contribution in [1.82, 2.24) is 15.0 Å². The zero-order valence-electron chi connectivity index (χ0n) is 13.3. The van der Waals surface area contributed by atoms with Crippen LogP contribution in [0, 0.1) is 0 Å². The topological polar surface area (TPSA) is 99.1 Å². The number of benzene rings is 2. The molecule has 0 unspecified atom stereocenters. The summed E-state index contributed by atoms with van der Waals surface area (Å²) in [5.41, 5.74) is 4.43. The van der Waals surface area contributed by atoms with E-state index >= 15 is 0 Å². The Labute approximate surface area is 152 Å². The molecule has 0 aliphatic heterocycles. The fourth-order valence-electron chi connectivity index (χ4n) is 2.73. The SMILES string of the molecule is O=C(O)c1ccc(-c2ccc(-c3nc4nc(O)[nH]c4cc3Cl)cc2)cc1. The van der Waals surface area contributed by atoms with Crippen molar-refractivity contribution in [3.05, 3.63) is 65.2 Å². The number of hydrogen-bond donors (Lipinski definition) is 3. The van der Waals surface area contributed by atoms with Gasteiger partial charge in [-0.15, -0.1) is 0 Å². The van der Waals surface area contributed by atoms with Gasteiger partial charge in [0.1, 0.15) is 0 Å². The van der Waals surface area contributed by atoms with Crippen LogP contribution in [0.2, 0.25) is 5.02 Å². The van der Waals surface area contributed by atoms with Crippen LogP contribution in [0.3, 0.4) is 0 Å². The maximum absolute atomic E-state index is 10.9. The smallest absolute Gasteiger partial charge is 0.335 e. The third-order valence-electron chi connectivity index (χ3n) is 4.04. The van der Waals surface area contributed by atoms with Gasteiger partial charge in [0.15, 0.2) is 5.65 Å². The van der Waals surface area contributed by atoms with Crippen LogP contribution in [0.25, 0.3) is 33.5 Å². The summed E-state index contributed by atoms with van der Waals surface area (Å²) in [6.45, 7) is 0. The molecule has 0 radical (unpaired) electrons. The number of pyridine rings is 1. The van der Waals surface area contributed by atoms with Crippen LogP contribution >= 0.6 is 11.6 Å². The summed E-state index contributed by atoms with van der Waals surface area (Å²) in [4.78, 5) is 21.9. The van der Waals surface area contributed by atoms with Crippen LogP contribution in [-0.2, 0) is 0 Å². The number of nitrogens with one attached hydrogen (secondary N) is 1. The second-order valence-electron chi connectivity index (χ2n) is 5.71. The highest BCUT2D eigenvalue weighted by molar-refractivity contribution is 6.33. The van der Waals surface area contributed by atoms with Gasteiger partial charge in [0.25, 0.3) is 6.01 Å². The van der Waals surface area contributed by atoms with E-state index in [2.05, 4.69) is 15.0 Å². The number of hydrogen-bond acceptors (Lipinski definition) is 4. The molecule has 2 aromatic carbocycles. The van der Waals surface area contributed by atoms with Crippen LogP contribution in [-0.4, -0.2) is 31.1 Å². The van der Waals surface area contributed by atoms with Crippen molar-refractivity contribution in [3.63, 3.8) is 0 Å². The molecule has 26 heavy (non-hydrogen) atoms. The van der Waals surface area contributed by atoms with Crippen molar-refractivity contribution < 1.29 is 15.0 Å². The average Bonchev–Trinajstić information content (AvgIpc) is 3.00. The summed E-state index contributed by atoms with van der Waals surface area (Å²) < 4.78 is 0. The Balaban J connectivity index is 1.69. The minimum absolute atomic E-state index is 0.208. The first-order valence-electron chi connectivity index (χ1n) is 7.70. The lowest BCUT2D eigenvalue weighted by Gasteiger charge is -2.06. The van der Waals surface area contributed by atoms with E-state index < -0.39 is 5.97 Å². The molecule has 4 aromatic rings. The summed E-state index contributed by atoms with van der Waals surface area (Å²) >= 11 is 6.30. The molecule has 0 bridgehead atoms. The minimum Gasteiger partial charge on any atom is -0.480 e. The molecule has 4 rings (SSSR count). The molecule has 0 saturated carbocycles. The zero-order chi connectivity index (χ0) is 18.3. The molecule has 0 fully saturated rings. The summed E-state index contributed by atoms with van der Waals surface area (Å²) in [7, 11) is 0. The lowest BCUT2D eigenvalue weighted by Crippen LogP contribution is -1.94. The highest BCUT2D eigenvalue weighted by Gasteiger charge is 2.11. The van der Waals surface area contributed by atoms with Gasteiger partial charge in [-0.05, 0) is 29.3 Å². The number of aromatic nitrogens is 3. The third kappa shape index (κ3) is 2.87. The predicted molar refractivity (Wildman–Crippen MR) is 98.4 cm³/mol. The van der Waals surface area contributed by atoms with Crippen molar-refractivity contribution in [2.24, 2.45) is 0 Å². The fraction of sp³-hybridized carbons (Fsp3) is 0. The number of halogens is 1. The van der Waals surface area contributed by atoms with Crippen LogP contribution < -0.4 is 0 Å². The second kappa shape index (κ2) is 6.16. The standard InChI is InChI=1S/C19H12ClN3O3/c20-14-9-15-17(23-19(26)21-15)22-16(14)12-5-1-10(2-6-12)11-3-7-13(8-4-11)18(24)25/h1-9H,(H,24,25)(H2,21,22,23,26). The number of aromatic carboxylic acids is 1. The third-order valence-corrected chi connectivity index (χ3v) is 4.33.